The molecule has 8 heteroatoms. The van der Waals surface area contributed by atoms with Crippen molar-refractivity contribution < 1.29 is 9.59 Å². The molecule has 2 fully saturated rings. The number of benzene rings is 1. The number of nitrogens with zero attached hydrogens (tertiary/aromatic N) is 3. The van der Waals surface area contributed by atoms with Gasteiger partial charge in [0.2, 0.25) is 5.91 Å². The van der Waals surface area contributed by atoms with Crippen LogP contribution >= 0.6 is 0 Å². The molecule has 3 amide bonds. The number of likely N-dealkylation sites (tertiary alicyclic amines) is 1. The van der Waals surface area contributed by atoms with E-state index in [4.69, 9.17) is 0 Å². The van der Waals surface area contributed by atoms with Crippen LogP contribution in [0, 0.1) is 5.92 Å². The molecule has 0 spiro atoms. The van der Waals surface area contributed by atoms with E-state index in [0.29, 0.717) is 13.1 Å². The zero-order chi connectivity index (χ0) is 20.2. The molecule has 4 rings (SSSR count). The molecule has 0 bridgehead atoms. The molecule has 29 heavy (non-hydrogen) atoms. The molecule has 154 valence electrons. The number of rotatable bonds is 5. The minimum absolute atomic E-state index is 0.0374. The maximum absolute atomic E-state index is 12.8. The van der Waals surface area contributed by atoms with Gasteiger partial charge in [-0.15, -0.1) is 0 Å². The lowest BCUT2D eigenvalue weighted by atomic mass is 9.90. The molecule has 1 aromatic heterocycles. The van der Waals surface area contributed by atoms with Crippen molar-refractivity contribution in [2.24, 2.45) is 13.0 Å². The Bertz CT molecular complexity index is 874. The summed E-state index contributed by atoms with van der Waals surface area (Å²) in [5, 5.41) is 13.6. The van der Waals surface area contributed by atoms with Crippen LogP contribution in [0.15, 0.2) is 36.7 Å². The highest BCUT2D eigenvalue weighted by molar-refractivity contribution is 5.89. The quantitative estimate of drug-likeness (QED) is 0.717. The number of hydrogen-bond donors (Lipinski definition) is 3. The fourth-order valence-electron chi connectivity index (χ4n) is 4.14. The van der Waals surface area contributed by atoms with Gasteiger partial charge in [-0.05, 0) is 36.1 Å². The summed E-state index contributed by atoms with van der Waals surface area (Å²) in [6.07, 6.45) is 5.94. The molecule has 3 N–H and O–H groups in total. The largest absolute Gasteiger partial charge is 0.352 e. The summed E-state index contributed by atoms with van der Waals surface area (Å²) in [4.78, 5) is 26.9. The standard InChI is InChI=1S/C21H28N6O2/c1-26-14-16(11-24-26)18-12-22-13-19(18)20(28)23-10-15-5-4-6-17(9-15)25-21(29)27-7-2-3-8-27/h4-6,9,11,14,18-19,22H,2-3,7-8,10,12-13H2,1H3,(H,23,28)(H,25,29)/t18-,19+/m1/s1. The van der Waals surface area contributed by atoms with Crippen LogP contribution in [0.3, 0.4) is 0 Å². The van der Waals surface area contributed by atoms with E-state index in [1.807, 2.05) is 48.6 Å². The number of aryl methyl sites for hydroxylation is 1. The number of hydrogen-bond acceptors (Lipinski definition) is 4. The Morgan fingerprint density at radius 3 is 2.83 bits per heavy atom. The molecule has 0 radical (unpaired) electrons. The molecule has 0 saturated carbocycles. The smallest absolute Gasteiger partial charge is 0.321 e. The Labute approximate surface area is 170 Å². The molecular weight excluding hydrogens is 368 g/mol. The van der Waals surface area contributed by atoms with E-state index in [1.54, 1.807) is 4.68 Å². The van der Waals surface area contributed by atoms with Crippen molar-refractivity contribution in [3.63, 3.8) is 0 Å². The Kier molecular flexibility index (Phi) is 5.80. The van der Waals surface area contributed by atoms with Gasteiger partial charge in [0, 0.05) is 57.6 Å². The minimum Gasteiger partial charge on any atom is -0.352 e. The zero-order valence-corrected chi connectivity index (χ0v) is 16.7. The monoisotopic (exact) mass is 396 g/mol. The third-order valence-corrected chi connectivity index (χ3v) is 5.74. The number of nitrogens with one attached hydrogen (secondary N) is 3. The summed E-state index contributed by atoms with van der Waals surface area (Å²) in [5.74, 6) is 0.0578. The highest BCUT2D eigenvalue weighted by Gasteiger charge is 2.34. The van der Waals surface area contributed by atoms with Gasteiger partial charge in [0.25, 0.3) is 0 Å². The van der Waals surface area contributed by atoms with E-state index in [0.717, 1.165) is 49.3 Å². The van der Waals surface area contributed by atoms with Gasteiger partial charge in [0.05, 0.1) is 12.1 Å². The Hall–Kier alpha value is -2.87. The predicted molar refractivity (Wildman–Crippen MR) is 110 cm³/mol. The van der Waals surface area contributed by atoms with Gasteiger partial charge >= 0.3 is 6.03 Å². The van der Waals surface area contributed by atoms with Crippen LogP contribution in [0.5, 0.6) is 0 Å². The van der Waals surface area contributed by atoms with Crippen LogP contribution in [-0.4, -0.2) is 52.8 Å². The second-order valence-electron chi connectivity index (χ2n) is 7.86. The topological polar surface area (TPSA) is 91.3 Å². The molecule has 2 aliphatic rings. The maximum Gasteiger partial charge on any atom is 0.321 e. The lowest BCUT2D eigenvalue weighted by Gasteiger charge is -2.18. The van der Waals surface area contributed by atoms with E-state index in [2.05, 4.69) is 21.0 Å². The zero-order valence-electron chi connectivity index (χ0n) is 16.7. The number of anilines is 1. The highest BCUT2D eigenvalue weighted by atomic mass is 16.2. The van der Waals surface area contributed by atoms with Gasteiger partial charge in [-0.2, -0.15) is 5.10 Å². The van der Waals surface area contributed by atoms with Gasteiger partial charge < -0.3 is 20.9 Å². The van der Waals surface area contributed by atoms with E-state index in [1.165, 1.54) is 0 Å². The molecule has 0 aliphatic carbocycles. The number of amides is 3. The molecule has 2 saturated heterocycles. The van der Waals surface area contributed by atoms with Crippen LogP contribution in [0.2, 0.25) is 0 Å². The van der Waals surface area contributed by atoms with E-state index >= 15 is 0 Å². The van der Waals surface area contributed by atoms with Gasteiger partial charge in [0.1, 0.15) is 0 Å². The molecule has 8 nitrogen and oxygen atoms in total. The van der Waals surface area contributed by atoms with E-state index < -0.39 is 0 Å². The SMILES string of the molecule is Cn1cc([C@H]2CNC[C@@H]2C(=O)NCc2cccc(NC(=O)N3CCCC3)c2)cn1. The summed E-state index contributed by atoms with van der Waals surface area (Å²) < 4.78 is 1.77. The Balaban J connectivity index is 1.33. The van der Waals surface area contributed by atoms with Crippen molar-refractivity contribution in [2.75, 3.05) is 31.5 Å². The van der Waals surface area contributed by atoms with Gasteiger partial charge in [-0.1, -0.05) is 12.1 Å². The van der Waals surface area contributed by atoms with Crippen LogP contribution in [0.1, 0.15) is 29.9 Å². The number of aromatic nitrogens is 2. The molecule has 3 heterocycles. The molecule has 0 unspecified atom stereocenters. The summed E-state index contributed by atoms with van der Waals surface area (Å²) in [7, 11) is 1.89. The van der Waals surface area contributed by atoms with Crippen molar-refractivity contribution >= 4 is 17.6 Å². The third kappa shape index (κ3) is 4.59. The lowest BCUT2D eigenvalue weighted by molar-refractivity contribution is -0.125. The van der Waals surface area contributed by atoms with Gasteiger partial charge in [-0.25, -0.2) is 4.79 Å². The predicted octanol–water partition coefficient (Wildman–Crippen LogP) is 1.67. The van der Waals surface area contributed by atoms with Crippen LogP contribution < -0.4 is 16.0 Å². The summed E-state index contributed by atoms with van der Waals surface area (Å²) in [6, 6.07) is 7.59. The van der Waals surface area contributed by atoms with Crippen LogP contribution in [0.4, 0.5) is 10.5 Å². The summed E-state index contributed by atoms with van der Waals surface area (Å²) in [5.41, 5.74) is 2.80. The van der Waals surface area contributed by atoms with Crippen molar-refractivity contribution in [1.82, 2.24) is 25.3 Å². The second kappa shape index (κ2) is 8.65. The van der Waals surface area contributed by atoms with Crippen molar-refractivity contribution in [2.45, 2.75) is 25.3 Å². The van der Waals surface area contributed by atoms with Gasteiger partial charge in [0.15, 0.2) is 0 Å². The van der Waals surface area contributed by atoms with Crippen LogP contribution in [-0.2, 0) is 18.4 Å². The first kappa shape index (κ1) is 19.4. The Morgan fingerprint density at radius 1 is 1.24 bits per heavy atom. The average Bonchev–Trinajstić information content (AvgIpc) is 3.47. The summed E-state index contributed by atoms with van der Waals surface area (Å²) in [6.45, 7) is 3.51. The van der Waals surface area contributed by atoms with Crippen molar-refractivity contribution in [3.05, 3.63) is 47.8 Å². The maximum atomic E-state index is 12.8. The average molecular weight is 396 g/mol. The van der Waals surface area contributed by atoms with E-state index in [-0.39, 0.29) is 23.8 Å². The fourth-order valence-corrected chi connectivity index (χ4v) is 4.14. The molecule has 1 aromatic carbocycles. The van der Waals surface area contributed by atoms with Crippen molar-refractivity contribution in [3.8, 4) is 0 Å². The number of urea groups is 1. The molecule has 2 aliphatic heterocycles. The molecule has 2 aromatic rings. The minimum atomic E-state index is -0.114. The first-order valence-electron chi connectivity index (χ1n) is 10.2. The van der Waals surface area contributed by atoms with Gasteiger partial charge in [-0.3, -0.25) is 9.48 Å². The Morgan fingerprint density at radius 2 is 2.07 bits per heavy atom. The van der Waals surface area contributed by atoms with Crippen molar-refractivity contribution in [1.29, 1.82) is 0 Å². The number of carbonyl (C=O) groups is 2. The first-order valence-corrected chi connectivity index (χ1v) is 10.2. The second-order valence-corrected chi connectivity index (χ2v) is 7.86. The lowest BCUT2D eigenvalue weighted by Crippen LogP contribution is -2.34. The highest BCUT2D eigenvalue weighted by Crippen LogP contribution is 2.28. The third-order valence-electron chi connectivity index (χ3n) is 5.74. The fraction of sp³-hybridized carbons (Fsp3) is 0.476. The molecule has 2 atom stereocenters. The molecular formula is C21H28N6O2. The summed E-state index contributed by atoms with van der Waals surface area (Å²) >= 11 is 0. The number of carbonyl (C=O) groups excluding carboxylic acids is 2. The first-order chi connectivity index (χ1) is 14.1. The van der Waals surface area contributed by atoms with E-state index in [9.17, 15) is 9.59 Å². The van der Waals surface area contributed by atoms with Crippen LogP contribution in [0.25, 0.3) is 0 Å². The normalized spacial score (nSPS) is 21.3.